The summed E-state index contributed by atoms with van der Waals surface area (Å²) in [6, 6.07) is 17.4. The molecule has 0 fully saturated rings. The summed E-state index contributed by atoms with van der Waals surface area (Å²) in [5, 5.41) is 0. The fraction of sp³-hybridized carbons (Fsp3) is 0.222. The van der Waals surface area contributed by atoms with Gasteiger partial charge in [-0.25, -0.2) is 8.42 Å². The van der Waals surface area contributed by atoms with E-state index in [2.05, 4.69) is 0 Å². The molecule has 1 aliphatic rings. The number of hydroxylamine groups is 1. The number of benzene rings is 2. The fourth-order valence-corrected chi connectivity index (χ4v) is 3.84. The lowest BCUT2D eigenvalue weighted by Gasteiger charge is -2.23. The molecule has 0 amide bonds. The van der Waals surface area contributed by atoms with Crippen LogP contribution in [-0.2, 0) is 14.9 Å². The molecule has 1 heterocycles. The van der Waals surface area contributed by atoms with Crippen LogP contribution in [0.25, 0.3) is 0 Å². The first-order valence-electron chi connectivity index (χ1n) is 7.54. The SMILES string of the molecule is CC(C)C1=CC(c2ccccc2)N(S(=O)(=O)c2ccccc2)O1. The lowest BCUT2D eigenvalue weighted by molar-refractivity contribution is -0.0411. The molecule has 0 aliphatic carbocycles. The Bertz CT molecular complexity index is 799. The second-order valence-electron chi connectivity index (χ2n) is 5.74. The van der Waals surface area contributed by atoms with Crippen LogP contribution in [0.15, 0.2) is 77.4 Å². The van der Waals surface area contributed by atoms with Crippen molar-refractivity contribution in [2.24, 2.45) is 5.92 Å². The van der Waals surface area contributed by atoms with Gasteiger partial charge in [0.2, 0.25) is 0 Å². The number of allylic oxidation sites excluding steroid dienone is 1. The van der Waals surface area contributed by atoms with Gasteiger partial charge >= 0.3 is 0 Å². The molecule has 1 unspecified atom stereocenters. The van der Waals surface area contributed by atoms with E-state index >= 15 is 0 Å². The highest BCUT2D eigenvalue weighted by Gasteiger charge is 2.39. The third-order valence-electron chi connectivity index (χ3n) is 3.73. The third-order valence-corrected chi connectivity index (χ3v) is 5.38. The van der Waals surface area contributed by atoms with Crippen LogP contribution in [0.4, 0.5) is 0 Å². The van der Waals surface area contributed by atoms with Crippen molar-refractivity contribution in [3.63, 3.8) is 0 Å². The molecule has 1 aliphatic heterocycles. The second-order valence-corrected chi connectivity index (χ2v) is 7.53. The highest BCUT2D eigenvalue weighted by atomic mass is 32.2. The Morgan fingerprint density at radius 3 is 2.09 bits per heavy atom. The van der Waals surface area contributed by atoms with Crippen LogP contribution in [0.2, 0.25) is 0 Å². The molecule has 0 spiro atoms. The second kappa shape index (κ2) is 6.18. The molecule has 5 heteroatoms. The first-order chi connectivity index (χ1) is 11.0. The first-order valence-corrected chi connectivity index (χ1v) is 8.98. The summed E-state index contributed by atoms with van der Waals surface area (Å²) < 4.78 is 27.0. The van der Waals surface area contributed by atoms with Gasteiger partial charge in [0.15, 0.2) is 0 Å². The molecule has 0 radical (unpaired) electrons. The van der Waals surface area contributed by atoms with Gasteiger partial charge in [0.25, 0.3) is 10.0 Å². The van der Waals surface area contributed by atoms with Crippen molar-refractivity contribution < 1.29 is 13.3 Å². The van der Waals surface area contributed by atoms with Gasteiger partial charge in [0, 0.05) is 5.92 Å². The van der Waals surface area contributed by atoms with Gasteiger partial charge in [-0.05, 0) is 28.2 Å². The van der Waals surface area contributed by atoms with Crippen molar-refractivity contribution in [1.82, 2.24) is 4.47 Å². The number of rotatable bonds is 4. The third kappa shape index (κ3) is 3.02. The Kier molecular flexibility index (Phi) is 4.24. The van der Waals surface area contributed by atoms with Gasteiger partial charge in [0.1, 0.15) is 11.8 Å². The minimum absolute atomic E-state index is 0.109. The number of nitrogens with zero attached hydrogens (tertiary/aromatic N) is 1. The molecule has 1 atom stereocenters. The molecule has 2 aromatic carbocycles. The quantitative estimate of drug-likeness (QED) is 0.854. The molecule has 0 saturated carbocycles. The van der Waals surface area contributed by atoms with E-state index in [0.29, 0.717) is 5.76 Å². The maximum absolute atomic E-state index is 13.0. The average molecular weight is 329 g/mol. The van der Waals surface area contributed by atoms with Crippen molar-refractivity contribution in [2.45, 2.75) is 24.8 Å². The van der Waals surface area contributed by atoms with E-state index in [0.717, 1.165) is 10.0 Å². The predicted molar refractivity (Wildman–Crippen MR) is 88.7 cm³/mol. The van der Waals surface area contributed by atoms with Crippen molar-refractivity contribution in [1.29, 1.82) is 0 Å². The van der Waals surface area contributed by atoms with Crippen molar-refractivity contribution >= 4 is 10.0 Å². The largest absolute Gasteiger partial charge is 0.394 e. The number of hydrogen-bond acceptors (Lipinski definition) is 3. The molecule has 0 N–H and O–H groups in total. The van der Waals surface area contributed by atoms with Crippen LogP contribution in [-0.4, -0.2) is 12.9 Å². The van der Waals surface area contributed by atoms with Gasteiger partial charge < -0.3 is 4.84 Å². The Balaban J connectivity index is 2.04. The van der Waals surface area contributed by atoms with Crippen LogP contribution in [0, 0.1) is 5.92 Å². The van der Waals surface area contributed by atoms with Crippen LogP contribution < -0.4 is 0 Å². The van der Waals surface area contributed by atoms with E-state index in [-0.39, 0.29) is 10.8 Å². The molecule has 0 bridgehead atoms. The lowest BCUT2D eigenvalue weighted by atomic mass is 10.1. The zero-order chi connectivity index (χ0) is 16.4. The maximum Gasteiger partial charge on any atom is 0.274 e. The number of sulfonamides is 1. The summed E-state index contributed by atoms with van der Waals surface area (Å²) in [4.78, 5) is 5.94. The highest BCUT2D eigenvalue weighted by Crippen LogP contribution is 2.38. The number of hydrogen-bond donors (Lipinski definition) is 0. The summed E-state index contributed by atoms with van der Waals surface area (Å²) in [5.74, 6) is 0.774. The summed E-state index contributed by atoms with van der Waals surface area (Å²) >= 11 is 0. The van der Waals surface area contributed by atoms with E-state index in [1.54, 1.807) is 30.3 Å². The molecule has 0 saturated heterocycles. The monoisotopic (exact) mass is 329 g/mol. The van der Waals surface area contributed by atoms with E-state index < -0.39 is 16.1 Å². The lowest BCUT2D eigenvalue weighted by Crippen LogP contribution is -2.30. The smallest absolute Gasteiger partial charge is 0.274 e. The van der Waals surface area contributed by atoms with E-state index in [4.69, 9.17) is 4.84 Å². The van der Waals surface area contributed by atoms with Gasteiger partial charge in [0.05, 0.1) is 4.90 Å². The topological polar surface area (TPSA) is 46.6 Å². The molecule has 4 nitrogen and oxygen atoms in total. The predicted octanol–water partition coefficient (Wildman–Crippen LogP) is 3.90. The Labute approximate surface area is 137 Å². The minimum atomic E-state index is -3.74. The molecule has 0 aromatic heterocycles. The summed E-state index contributed by atoms with van der Waals surface area (Å²) in [7, 11) is -3.74. The zero-order valence-electron chi connectivity index (χ0n) is 13.1. The molecule has 120 valence electrons. The van der Waals surface area contributed by atoms with E-state index in [1.165, 1.54) is 0 Å². The molecule has 3 rings (SSSR count). The standard InChI is InChI=1S/C18H19NO3S/c1-14(2)18-13-17(15-9-5-3-6-10-15)19(22-18)23(20,21)16-11-7-4-8-12-16/h3-14,17H,1-2H3. The van der Waals surface area contributed by atoms with Crippen molar-refractivity contribution in [3.8, 4) is 0 Å². The van der Waals surface area contributed by atoms with Gasteiger partial charge in [-0.15, -0.1) is 0 Å². The normalized spacial score (nSPS) is 18.7. The molecular weight excluding hydrogens is 310 g/mol. The van der Waals surface area contributed by atoms with Crippen molar-refractivity contribution in [2.75, 3.05) is 0 Å². The Morgan fingerprint density at radius 2 is 1.52 bits per heavy atom. The maximum atomic E-state index is 13.0. The van der Waals surface area contributed by atoms with Gasteiger partial charge in [-0.2, -0.15) is 0 Å². The average Bonchev–Trinajstić information content (AvgIpc) is 3.03. The Morgan fingerprint density at radius 1 is 0.957 bits per heavy atom. The van der Waals surface area contributed by atoms with Crippen LogP contribution in [0.1, 0.15) is 25.5 Å². The van der Waals surface area contributed by atoms with Crippen LogP contribution in [0.5, 0.6) is 0 Å². The Hall–Kier alpha value is -2.11. The zero-order valence-corrected chi connectivity index (χ0v) is 13.9. The van der Waals surface area contributed by atoms with Crippen molar-refractivity contribution in [3.05, 3.63) is 78.1 Å². The van der Waals surface area contributed by atoms with E-state index in [1.807, 2.05) is 50.3 Å². The van der Waals surface area contributed by atoms with Gasteiger partial charge in [-0.1, -0.05) is 62.4 Å². The van der Waals surface area contributed by atoms with Crippen LogP contribution >= 0.6 is 0 Å². The van der Waals surface area contributed by atoms with E-state index in [9.17, 15) is 8.42 Å². The molecule has 2 aromatic rings. The van der Waals surface area contributed by atoms with Crippen LogP contribution in [0.3, 0.4) is 0 Å². The molecular formula is C18H19NO3S. The summed E-state index contributed by atoms with van der Waals surface area (Å²) in [6.07, 6.45) is 1.88. The fourth-order valence-electron chi connectivity index (χ4n) is 2.47. The first kappa shape index (κ1) is 15.8. The highest BCUT2D eigenvalue weighted by molar-refractivity contribution is 7.89. The summed E-state index contributed by atoms with van der Waals surface area (Å²) in [6.45, 7) is 3.96. The molecule has 23 heavy (non-hydrogen) atoms. The summed E-state index contributed by atoms with van der Waals surface area (Å²) in [5.41, 5.74) is 0.877. The minimum Gasteiger partial charge on any atom is -0.394 e. The van der Waals surface area contributed by atoms with Gasteiger partial charge in [-0.3, -0.25) is 0 Å².